The van der Waals surface area contributed by atoms with E-state index in [0.717, 1.165) is 17.8 Å². The van der Waals surface area contributed by atoms with Crippen LogP contribution in [0.25, 0.3) is 0 Å². The molecule has 51 heavy (non-hydrogen) atoms. The molecule has 0 bridgehead atoms. The molecular formula is C37H49F11O3. The van der Waals surface area contributed by atoms with Gasteiger partial charge in [0.15, 0.2) is 0 Å². The smallest absolute Gasteiger partial charge is 0.432 e. The van der Waals surface area contributed by atoms with Gasteiger partial charge in [0.25, 0.3) is 0 Å². The van der Waals surface area contributed by atoms with E-state index in [1.54, 1.807) is 0 Å². The van der Waals surface area contributed by atoms with Crippen molar-refractivity contribution in [1.29, 1.82) is 0 Å². The Morgan fingerprint density at radius 3 is 1.43 bits per heavy atom. The quantitative estimate of drug-likeness (QED) is 0.199. The molecule has 0 spiro atoms. The molecule has 1 aromatic carbocycles. The lowest BCUT2D eigenvalue weighted by atomic mass is 9.65. The van der Waals surface area contributed by atoms with Gasteiger partial charge in [0.2, 0.25) is 0 Å². The summed E-state index contributed by atoms with van der Waals surface area (Å²) in [6, 6.07) is -0.205. The predicted molar refractivity (Wildman–Crippen MR) is 166 cm³/mol. The molecule has 3 nitrogen and oxygen atoms in total. The highest BCUT2D eigenvalue weighted by atomic mass is 19.4. The molecule has 0 unspecified atom stereocenters. The SMILES string of the molecule is CCCC1CCC(C2CCC(C3CCC(C(F)(F)OC4CCC(C(F)(F)Oc5cc(F)c(C(F)(F)OC(F)(F)F)c(F)c5)CC4)CC3)CC2)CC1. The lowest BCUT2D eigenvalue weighted by Gasteiger charge is -2.42. The maximum absolute atomic E-state index is 15.3. The van der Waals surface area contributed by atoms with Crippen molar-refractivity contribution in [3.63, 3.8) is 0 Å². The first-order valence-electron chi connectivity index (χ1n) is 18.6. The largest absolute Gasteiger partial charge is 0.527 e. The van der Waals surface area contributed by atoms with Crippen LogP contribution >= 0.6 is 0 Å². The Morgan fingerprint density at radius 1 is 0.569 bits per heavy atom. The van der Waals surface area contributed by atoms with Gasteiger partial charge in [0, 0.05) is 12.1 Å². The summed E-state index contributed by atoms with van der Waals surface area (Å²) in [4.78, 5) is 0. The number of halogens is 11. The van der Waals surface area contributed by atoms with Crippen LogP contribution in [0, 0.1) is 53.1 Å². The molecule has 292 valence electrons. The van der Waals surface area contributed by atoms with Gasteiger partial charge in [-0.05, 0) is 119 Å². The van der Waals surface area contributed by atoms with Gasteiger partial charge in [-0.3, -0.25) is 0 Å². The van der Waals surface area contributed by atoms with Crippen molar-refractivity contribution in [1.82, 2.24) is 0 Å². The van der Waals surface area contributed by atoms with Gasteiger partial charge in [0.1, 0.15) is 22.9 Å². The summed E-state index contributed by atoms with van der Waals surface area (Å²) < 4.78 is 165. The minimum Gasteiger partial charge on any atom is -0.432 e. The van der Waals surface area contributed by atoms with E-state index < -0.39 is 65.6 Å². The lowest BCUT2D eigenvalue weighted by molar-refractivity contribution is -0.432. The Hall–Kier alpha value is -1.83. The zero-order valence-corrected chi connectivity index (χ0v) is 28.9. The average Bonchev–Trinajstić information content (AvgIpc) is 3.04. The van der Waals surface area contributed by atoms with Crippen LogP contribution in [0.15, 0.2) is 12.1 Å². The molecule has 0 aromatic heterocycles. The van der Waals surface area contributed by atoms with Gasteiger partial charge < -0.3 is 9.47 Å². The Labute approximate surface area is 292 Å². The van der Waals surface area contributed by atoms with Crippen LogP contribution in [-0.2, 0) is 15.6 Å². The molecule has 5 rings (SSSR count). The van der Waals surface area contributed by atoms with Gasteiger partial charge in [-0.1, -0.05) is 32.6 Å². The number of benzene rings is 1. The predicted octanol–water partition coefficient (Wildman–Crippen LogP) is 12.9. The third kappa shape index (κ3) is 10.4. The van der Waals surface area contributed by atoms with Gasteiger partial charge in [-0.25, -0.2) is 13.5 Å². The number of hydrogen-bond acceptors (Lipinski definition) is 3. The third-order valence-corrected chi connectivity index (χ3v) is 12.3. The molecule has 0 heterocycles. The molecule has 4 saturated carbocycles. The zero-order valence-electron chi connectivity index (χ0n) is 28.9. The van der Waals surface area contributed by atoms with E-state index >= 15 is 8.78 Å². The normalized spacial score (nSPS) is 31.8. The van der Waals surface area contributed by atoms with E-state index in [-0.39, 0.29) is 37.8 Å². The molecule has 0 amide bonds. The number of ether oxygens (including phenoxy) is 3. The van der Waals surface area contributed by atoms with Crippen LogP contribution in [0.2, 0.25) is 0 Å². The van der Waals surface area contributed by atoms with Crippen molar-refractivity contribution in [2.45, 2.75) is 153 Å². The molecule has 14 heteroatoms. The second kappa shape index (κ2) is 16.3. The van der Waals surface area contributed by atoms with Crippen molar-refractivity contribution < 1.29 is 62.5 Å². The topological polar surface area (TPSA) is 27.7 Å². The third-order valence-electron chi connectivity index (χ3n) is 12.3. The molecular weight excluding hydrogens is 701 g/mol. The average molecular weight is 751 g/mol. The van der Waals surface area contributed by atoms with Crippen LogP contribution < -0.4 is 4.74 Å². The van der Waals surface area contributed by atoms with Gasteiger partial charge >= 0.3 is 24.7 Å². The molecule has 0 atom stereocenters. The van der Waals surface area contributed by atoms with E-state index in [1.807, 2.05) is 0 Å². The Bertz CT molecular complexity index is 1230. The highest BCUT2D eigenvalue weighted by Gasteiger charge is 2.51. The van der Waals surface area contributed by atoms with Crippen LogP contribution in [-0.4, -0.2) is 24.7 Å². The number of rotatable bonds is 12. The summed E-state index contributed by atoms with van der Waals surface area (Å²) in [5.74, 6) is -4.88. The fraction of sp³-hybridized carbons (Fsp3) is 0.838. The molecule has 0 N–H and O–H groups in total. The second-order valence-electron chi connectivity index (χ2n) is 15.5. The summed E-state index contributed by atoms with van der Waals surface area (Å²) in [7, 11) is 0. The van der Waals surface area contributed by atoms with Crippen LogP contribution in [0.3, 0.4) is 0 Å². The molecule has 4 aliphatic rings. The minimum atomic E-state index is -5.96. The fourth-order valence-corrected chi connectivity index (χ4v) is 9.53. The van der Waals surface area contributed by atoms with E-state index in [0.29, 0.717) is 37.5 Å². The molecule has 4 aliphatic carbocycles. The summed E-state index contributed by atoms with van der Waals surface area (Å²) in [5, 5.41) is 0. The minimum absolute atomic E-state index is 0.103. The Kier molecular flexibility index (Phi) is 12.9. The number of alkyl halides is 9. The molecule has 1 aromatic rings. The standard InChI is InChI=1S/C37H49F11O3/c1-2-3-22-4-6-23(7-5-22)24-8-10-25(11-9-24)26-12-14-27(15-13-26)34(40,41)49-29-18-16-28(17-19-29)35(42,43)50-30-20-31(38)33(32(39)21-30)36(44,45)51-37(46,47)48/h20-29H,2-19H2,1H3. The molecule has 0 aliphatic heterocycles. The zero-order chi connectivity index (χ0) is 37.2. The van der Waals surface area contributed by atoms with Crippen molar-refractivity contribution in [3.8, 4) is 5.75 Å². The maximum atomic E-state index is 15.3. The monoisotopic (exact) mass is 750 g/mol. The van der Waals surface area contributed by atoms with E-state index in [2.05, 4.69) is 16.4 Å². The van der Waals surface area contributed by atoms with Gasteiger partial charge in [0.05, 0.1) is 17.9 Å². The molecule has 0 saturated heterocycles. The second-order valence-corrected chi connectivity index (χ2v) is 15.5. The Morgan fingerprint density at radius 2 is 0.980 bits per heavy atom. The molecule has 4 fully saturated rings. The van der Waals surface area contributed by atoms with Crippen molar-refractivity contribution >= 4 is 0 Å². The highest BCUT2D eigenvalue weighted by molar-refractivity contribution is 5.32. The fourth-order valence-electron chi connectivity index (χ4n) is 9.53. The van der Waals surface area contributed by atoms with Crippen molar-refractivity contribution in [3.05, 3.63) is 29.3 Å². The van der Waals surface area contributed by atoms with Crippen LogP contribution in [0.4, 0.5) is 48.3 Å². The first-order chi connectivity index (χ1) is 23.9. The van der Waals surface area contributed by atoms with E-state index in [4.69, 9.17) is 4.74 Å². The summed E-state index contributed by atoms with van der Waals surface area (Å²) in [6.07, 6.45) is -6.10. The van der Waals surface area contributed by atoms with Crippen LogP contribution in [0.5, 0.6) is 5.75 Å². The summed E-state index contributed by atoms with van der Waals surface area (Å²) >= 11 is 0. The van der Waals surface area contributed by atoms with E-state index in [9.17, 15) is 39.5 Å². The Balaban J connectivity index is 1.05. The molecule has 0 radical (unpaired) electrons. The number of hydrogen-bond donors (Lipinski definition) is 0. The van der Waals surface area contributed by atoms with Gasteiger partial charge in [-0.15, -0.1) is 13.2 Å². The summed E-state index contributed by atoms with van der Waals surface area (Å²) in [6.45, 7) is 2.25. The van der Waals surface area contributed by atoms with E-state index in [1.165, 1.54) is 64.2 Å². The maximum Gasteiger partial charge on any atom is 0.527 e. The highest BCUT2D eigenvalue weighted by Crippen LogP contribution is 2.49. The van der Waals surface area contributed by atoms with Crippen molar-refractivity contribution in [2.24, 2.45) is 41.4 Å². The van der Waals surface area contributed by atoms with Crippen LogP contribution in [0.1, 0.15) is 128 Å². The first kappa shape index (κ1) is 40.4. The lowest BCUT2D eigenvalue weighted by Crippen LogP contribution is -2.42. The first-order valence-corrected chi connectivity index (χ1v) is 18.6. The van der Waals surface area contributed by atoms with Crippen molar-refractivity contribution in [2.75, 3.05) is 0 Å². The summed E-state index contributed by atoms with van der Waals surface area (Å²) in [5.41, 5.74) is -2.43. The van der Waals surface area contributed by atoms with Gasteiger partial charge in [-0.2, -0.15) is 26.3 Å².